The van der Waals surface area contributed by atoms with Gasteiger partial charge in [0.05, 0.1) is 6.04 Å². The van der Waals surface area contributed by atoms with Crippen LogP contribution in [0.15, 0.2) is 0 Å². The van der Waals surface area contributed by atoms with Crippen LogP contribution in [-0.4, -0.2) is 25.0 Å². The van der Waals surface area contributed by atoms with Gasteiger partial charge in [-0.1, -0.05) is 0 Å². The van der Waals surface area contributed by atoms with Crippen molar-refractivity contribution in [1.29, 1.82) is 0 Å². The summed E-state index contributed by atoms with van der Waals surface area (Å²) < 4.78 is 0. The number of rotatable bonds is 0. The number of hydrogen-bond donors (Lipinski definition) is 2. The Morgan fingerprint density at radius 2 is 2.20 bits per heavy atom. The molecule has 4 heteroatoms. The number of nitrogens with one attached hydrogen (secondary N) is 2. The molecule has 0 aromatic rings. The fraction of sp³-hybridized carbons (Fsp3) is 0.833. The van der Waals surface area contributed by atoms with Gasteiger partial charge < -0.3 is 10.6 Å². The Hall–Kier alpha value is -0.280. The normalized spacial score (nSPS) is 36.6. The van der Waals surface area contributed by atoms with E-state index in [0.29, 0.717) is 5.92 Å². The zero-order valence-corrected chi connectivity index (χ0v) is 6.41. The molecule has 0 unspecified atom stereocenters. The molecule has 0 saturated carbocycles. The van der Waals surface area contributed by atoms with E-state index in [1.807, 2.05) is 0 Å². The molecule has 2 atom stereocenters. The van der Waals surface area contributed by atoms with Gasteiger partial charge in [0.25, 0.3) is 0 Å². The maximum atomic E-state index is 10.9. The second kappa shape index (κ2) is 2.76. The van der Waals surface area contributed by atoms with E-state index in [2.05, 4.69) is 10.6 Å². The molecule has 58 valence electrons. The van der Waals surface area contributed by atoms with Gasteiger partial charge in [0.15, 0.2) is 0 Å². The highest BCUT2D eigenvalue weighted by molar-refractivity contribution is 5.85. The fourth-order valence-electron chi connectivity index (χ4n) is 1.53. The highest BCUT2D eigenvalue weighted by atomic mass is 35.5. The van der Waals surface area contributed by atoms with Gasteiger partial charge in [0.1, 0.15) is 0 Å². The lowest BCUT2D eigenvalue weighted by molar-refractivity contribution is -0.123. The Morgan fingerprint density at radius 1 is 1.40 bits per heavy atom. The van der Waals surface area contributed by atoms with Gasteiger partial charge in [0, 0.05) is 13.1 Å². The molecule has 2 aliphatic rings. The molecule has 2 N–H and O–H groups in total. The van der Waals surface area contributed by atoms with Gasteiger partial charge in [-0.15, -0.1) is 12.4 Å². The maximum absolute atomic E-state index is 10.9. The lowest BCUT2D eigenvalue weighted by Crippen LogP contribution is -2.43. The smallest absolute Gasteiger partial charge is 0.237 e. The van der Waals surface area contributed by atoms with Crippen molar-refractivity contribution in [3.63, 3.8) is 0 Å². The molecule has 0 radical (unpaired) electrons. The number of carbonyl (C=O) groups excluding carboxylic acids is 1. The van der Waals surface area contributed by atoms with Crippen molar-refractivity contribution in [2.24, 2.45) is 5.92 Å². The van der Waals surface area contributed by atoms with Gasteiger partial charge in [-0.3, -0.25) is 4.79 Å². The maximum Gasteiger partial charge on any atom is 0.237 e. The van der Waals surface area contributed by atoms with E-state index in [4.69, 9.17) is 0 Å². The highest BCUT2D eigenvalue weighted by Crippen LogP contribution is 2.16. The quantitative estimate of drug-likeness (QED) is 0.505. The van der Waals surface area contributed by atoms with Crippen molar-refractivity contribution in [2.75, 3.05) is 13.1 Å². The van der Waals surface area contributed by atoms with E-state index >= 15 is 0 Å². The van der Waals surface area contributed by atoms with Crippen LogP contribution in [0.2, 0.25) is 0 Å². The van der Waals surface area contributed by atoms with E-state index in [1.165, 1.54) is 0 Å². The van der Waals surface area contributed by atoms with Crippen LogP contribution in [0.25, 0.3) is 0 Å². The summed E-state index contributed by atoms with van der Waals surface area (Å²) in [6.45, 7) is 1.89. The summed E-state index contributed by atoms with van der Waals surface area (Å²) >= 11 is 0. The minimum Gasteiger partial charge on any atom is -0.354 e. The molecular formula is C6H11ClN2O. The van der Waals surface area contributed by atoms with Crippen molar-refractivity contribution in [2.45, 2.75) is 12.5 Å². The molecule has 2 aliphatic heterocycles. The van der Waals surface area contributed by atoms with Gasteiger partial charge in [-0.2, -0.15) is 0 Å². The van der Waals surface area contributed by atoms with E-state index < -0.39 is 0 Å². The van der Waals surface area contributed by atoms with Crippen LogP contribution >= 0.6 is 12.4 Å². The van der Waals surface area contributed by atoms with E-state index in [0.717, 1.165) is 19.5 Å². The molecule has 0 aromatic heterocycles. The molecule has 0 spiro atoms. The standard InChI is InChI=1S/C6H10N2O.ClH/c9-6-5-1-4(2-7-5)3-8-6;/h4-5,7H,1-3H2,(H,8,9);1H/t4-,5-;/m0./s1. The first-order valence-electron chi connectivity index (χ1n) is 3.37. The van der Waals surface area contributed by atoms with E-state index in [-0.39, 0.29) is 24.4 Å². The van der Waals surface area contributed by atoms with Crippen LogP contribution in [0.1, 0.15) is 6.42 Å². The van der Waals surface area contributed by atoms with Gasteiger partial charge in [-0.05, 0) is 12.3 Å². The summed E-state index contributed by atoms with van der Waals surface area (Å²) in [5, 5.41) is 6.00. The summed E-state index contributed by atoms with van der Waals surface area (Å²) in [7, 11) is 0. The second-order valence-electron chi connectivity index (χ2n) is 2.81. The van der Waals surface area contributed by atoms with Crippen LogP contribution in [0.5, 0.6) is 0 Å². The predicted molar refractivity (Wildman–Crippen MR) is 40.2 cm³/mol. The third kappa shape index (κ3) is 1.11. The fourth-order valence-corrected chi connectivity index (χ4v) is 1.53. The van der Waals surface area contributed by atoms with Crippen LogP contribution in [0.3, 0.4) is 0 Å². The summed E-state index contributed by atoms with van der Waals surface area (Å²) in [5.74, 6) is 0.886. The number of hydrogen-bond acceptors (Lipinski definition) is 2. The van der Waals surface area contributed by atoms with Gasteiger partial charge in [0.2, 0.25) is 5.91 Å². The zero-order valence-electron chi connectivity index (χ0n) is 5.59. The lowest BCUT2D eigenvalue weighted by atomic mass is 10.0. The number of halogens is 1. The average Bonchev–Trinajstić information content (AvgIpc) is 2.25. The van der Waals surface area contributed by atoms with Gasteiger partial charge in [-0.25, -0.2) is 0 Å². The molecule has 2 rings (SSSR count). The minimum atomic E-state index is 0. The molecule has 1 amide bonds. The predicted octanol–water partition coefficient (Wildman–Crippen LogP) is -0.484. The first kappa shape index (κ1) is 7.82. The minimum absolute atomic E-state index is 0. The van der Waals surface area contributed by atoms with Crippen LogP contribution in [0.4, 0.5) is 0 Å². The Kier molecular flexibility index (Phi) is 2.16. The monoisotopic (exact) mass is 162 g/mol. The Bertz CT molecular complexity index is 151. The van der Waals surface area contributed by atoms with Crippen LogP contribution in [-0.2, 0) is 4.79 Å². The van der Waals surface area contributed by atoms with Crippen molar-refractivity contribution in [1.82, 2.24) is 10.6 Å². The van der Waals surface area contributed by atoms with E-state index in [1.54, 1.807) is 0 Å². The first-order valence-corrected chi connectivity index (χ1v) is 3.37. The molecule has 2 heterocycles. The van der Waals surface area contributed by atoms with Crippen molar-refractivity contribution < 1.29 is 4.79 Å². The second-order valence-corrected chi connectivity index (χ2v) is 2.81. The molecule has 2 saturated heterocycles. The van der Waals surface area contributed by atoms with E-state index in [9.17, 15) is 4.79 Å². The molecular weight excluding hydrogens is 152 g/mol. The molecule has 10 heavy (non-hydrogen) atoms. The third-order valence-electron chi connectivity index (χ3n) is 2.10. The Labute approximate surface area is 66.0 Å². The summed E-state index contributed by atoms with van der Waals surface area (Å²) in [5.41, 5.74) is 0. The molecule has 2 fully saturated rings. The van der Waals surface area contributed by atoms with Crippen LogP contribution in [0, 0.1) is 5.92 Å². The molecule has 0 aliphatic carbocycles. The topological polar surface area (TPSA) is 41.1 Å². The largest absolute Gasteiger partial charge is 0.354 e. The molecule has 3 nitrogen and oxygen atoms in total. The Balaban J connectivity index is 0.000000500. The zero-order chi connectivity index (χ0) is 6.27. The van der Waals surface area contributed by atoms with Crippen molar-refractivity contribution in [3.8, 4) is 0 Å². The third-order valence-corrected chi connectivity index (χ3v) is 2.10. The summed E-state index contributed by atoms with van der Waals surface area (Å²) in [6, 6.07) is 0.128. The summed E-state index contributed by atoms with van der Waals surface area (Å²) in [4.78, 5) is 10.9. The van der Waals surface area contributed by atoms with Crippen molar-refractivity contribution in [3.05, 3.63) is 0 Å². The average molecular weight is 163 g/mol. The SMILES string of the molecule is Cl.O=C1NC[C@@H]2CN[C@H]1C2. The van der Waals surface area contributed by atoms with Crippen molar-refractivity contribution >= 4 is 18.3 Å². The number of amides is 1. The number of carbonyl (C=O) groups is 1. The molecule has 0 aromatic carbocycles. The summed E-state index contributed by atoms with van der Waals surface area (Å²) in [6.07, 6.45) is 1.05. The first-order chi connectivity index (χ1) is 4.36. The lowest BCUT2D eigenvalue weighted by Gasteiger charge is -2.17. The number of piperidine rings is 1. The molecule has 2 bridgehead atoms. The Morgan fingerprint density at radius 3 is 2.90 bits per heavy atom. The number of fused-ring (bicyclic) bond motifs is 2. The van der Waals surface area contributed by atoms with Crippen LogP contribution < -0.4 is 10.6 Å². The highest BCUT2D eigenvalue weighted by Gasteiger charge is 2.33. The van der Waals surface area contributed by atoms with Gasteiger partial charge >= 0.3 is 0 Å².